The van der Waals surface area contributed by atoms with Gasteiger partial charge in [-0.05, 0) is 48.3 Å². The molecule has 0 amide bonds. The van der Waals surface area contributed by atoms with Gasteiger partial charge >= 0.3 is 0 Å². The summed E-state index contributed by atoms with van der Waals surface area (Å²) in [6.07, 6.45) is 1.81. The number of allylic oxidation sites excluding steroid dienone is 1. The Morgan fingerprint density at radius 2 is 2.24 bits per heavy atom. The molecule has 0 aliphatic carbocycles. The van der Waals surface area contributed by atoms with Gasteiger partial charge in [0.2, 0.25) is 5.82 Å². The van der Waals surface area contributed by atoms with E-state index in [1.807, 2.05) is 59.7 Å². The standard InChI is InChI=1S/C21H20N4O2S2/c1-4-10-25-13(2)17(20-23-19(24-27-20)16-9-6-11-29-16)18(22-21(25)28)14-7-5-8-15(12-14)26-3/h4-9,11-12,18H,1,10H2,2-3H3,(H,22,28). The van der Waals surface area contributed by atoms with Crippen molar-refractivity contribution in [2.45, 2.75) is 13.0 Å². The van der Waals surface area contributed by atoms with Gasteiger partial charge in [-0.25, -0.2) is 0 Å². The van der Waals surface area contributed by atoms with E-state index in [1.54, 1.807) is 18.4 Å². The van der Waals surface area contributed by atoms with Gasteiger partial charge in [0.05, 0.1) is 23.6 Å². The van der Waals surface area contributed by atoms with Gasteiger partial charge in [0.25, 0.3) is 5.89 Å². The lowest BCUT2D eigenvalue weighted by Gasteiger charge is -2.36. The molecule has 3 aromatic rings. The van der Waals surface area contributed by atoms with Crippen molar-refractivity contribution in [3.63, 3.8) is 0 Å². The summed E-state index contributed by atoms with van der Waals surface area (Å²) in [5, 5.41) is 10.2. The molecule has 0 spiro atoms. The summed E-state index contributed by atoms with van der Waals surface area (Å²) in [5.74, 6) is 1.80. The lowest BCUT2D eigenvalue weighted by Crippen LogP contribution is -2.45. The van der Waals surface area contributed by atoms with Gasteiger partial charge in [0.1, 0.15) is 5.75 Å². The fourth-order valence-electron chi connectivity index (χ4n) is 3.32. The quantitative estimate of drug-likeness (QED) is 0.456. The Morgan fingerprint density at radius 3 is 2.97 bits per heavy atom. The lowest BCUT2D eigenvalue weighted by molar-refractivity contribution is 0.398. The fraction of sp³-hybridized carbons (Fsp3) is 0.190. The molecule has 1 unspecified atom stereocenters. The van der Waals surface area contributed by atoms with E-state index in [4.69, 9.17) is 21.5 Å². The van der Waals surface area contributed by atoms with E-state index in [0.717, 1.165) is 27.5 Å². The third-order valence-electron chi connectivity index (χ3n) is 4.73. The summed E-state index contributed by atoms with van der Waals surface area (Å²) < 4.78 is 11.1. The molecule has 0 saturated carbocycles. The first kappa shape index (κ1) is 19.4. The van der Waals surface area contributed by atoms with E-state index in [1.165, 1.54) is 0 Å². The van der Waals surface area contributed by atoms with Crippen LogP contribution >= 0.6 is 23.6 Å². The summed E-state index contributed by atoms with van der Waals surface area (Å²) in [6.45, 7) is 6.43. The highest BCUT2D eigenvalue weighted by Crippen LogP contribution is 2.38. The van der Waals surface area contributed by atoms with Crippen LogP contribution in [-0.2, 0) is 0 Å². The number of thiophene rings is 1. The average molecular weight is 425 g/mol. The Balaban J connectivity index is 1.83. The maximum Gasteiger partial charge on any atom is 0.258 e. The van der Waals surface area contributed by atoms with Crippen molar-refractivity contribution >= 4 is 34.2 Å². The third kappa shape index (κ3) is 3.68. The van der Waals surface area contributed by atoms with E-state index in [0.29, 0.717) is 23.4 Å². The molecule has 1 aliphatic rings. The number of aromatic nitrogens is 2. The molecule has 29 heavy (non-hydrogen) atoms. The number of nitrogens with zero attached hydrogens (tertiary/aromatic N) is 3. The summed E-state index contributed by atoms with van der Waals surface area (Å²) >= 11 is 7.19. The number of hydrogen-bond acceptors (Lipinski definition) is 6. The van der Waals surface area contributed by atoms with Crippen molar-refractivity contribution < 1.29 is 9.26 Å². The smallest absolute Gasteiger partial charge is 0.258 e. The van der Waals surface area contributed by atoms with Gasteiger partial charge < -0.3 is 19.5 Å². The predicted octanol–water partition coefficient (Wildman–Crippen LogP) is 4.66. The second-order valence-corrected chi connectivity index (χ2v) is 7.79. The molecule has 8 heteroatoms. The summed E-state index contributed by atoms with van der Waals surface area (Å²) in [5.41, 5.74) is 2.82. The van der Waals surface area contributed by atoms with Crippen molar-refractivity contribution in [1.82, 2.24) is 20.4 Å². The van der Waals surface area contributed by atoms with Crippen LogP contribution in [0.4, 0.5) is 0 Å². The molecule has 148 valence electrons. The molecule has 1 N–H and O–H groups in total. The number of ether oxygens (including phenoxy) is 1. The van der Waals surface area contributed by atoms with Crippen molar-refractivity contribution in [3.05, 3.63) is 71.6 Å². The van der Waals surface area contributed by atoms with Crippen molar-refractivity contribution in [2.24, 2.45) is 0 Å². The Labute approximate surface area is 178 Å². The van der Waals surface area contributed by atoms with Crippen LogP contribution in [0.1, 0.15) is 24.4 Å². The van der Waals surface area contributed by atoms with Gasteiger partial charge in [-0.1, -0.05) is 29.4 Å². The number of rotatable bonds is 6. The van der Waals surface area contributed by atoms with E-state index < -0.39 is 0 Å². The maximum atomic E-state index is 5.69. The predicted molar refractivity (Wildman–Crippen MR) is 119 cm³/mol. The van der Waals surface area contributed by atoms with Gasteiger partial charge in [0, 0.05) is 12.2 Å². The van der Waals surface area contributed by atoms with Crippen LogP contribution in [0.2, 0.25) is 0 Å². The molecule has 6 nitrogen and oxygen atoms in total. The molecule has 0 fully saturated rings. The van der Waals surface area contributed by atoms with Crippen LogP contribution in [0, 0.1) is 0 Å². The van der Waals surface area contributed by atoms with E-state index >= 15 is 0 Å². The van der Waals surface area contributed by atoms with Gasteiger partial charge in [-0.15, -0.1) is 17.9 Å². The van der Waals surface area contributed by atoms with Crippen LogP contribution < -0.4 is 10.1 Å². The number of thiocarbonyl (C=S) groups is 1. The minimum absolute atomic E-state index is 0.240. The topological polar surface area (TPSA) is 63.4 Å². The SMILES string of the molecule is C=CCN1C(=S)NC(c2cccc(OC)c2)C(c2nc(-c3cccs3)no2)=C1C. The number of benzene rings is 1. The molecular weight excluding hydrogens is 404 g/mol. The molecule has 1 aliphatic heterocycles. The second-order valence-electron chi connectivity index (χ2n) is 6.46. The minimum atomic E-state index is -0.240. The highest BCUT2D eigenvalue weighted by atomic mass is 32.1. The van der Waals surface area contributed by atoms with E-state index in [-0.39, 0.29) is 6.04 Å². The molecule has 4 rings (SSSR count). The monoisotopic (exact) mass is 424 g/mol. The van der Waals surface area contributed by atoms with E-state index in [2.05, 4.69) is 22.0 Å². The van der Waals surface area contributed by atoms with Gasteiger partial charge in [-0.2, -0.15) is 4.98 Å². The zero-order valence-electron chi connectivity index (χ0n) is 16.1. The number of methoxy groups -OCH3 is 1. The van der Waals surface area contributed by atoms with Crippen molar-refractivity contribution in [3.8, 4) is 16.5 Å². The molecular formula is C21H20N4O2S2. The normalized spacial score (nSPS) is 16.7. The molecule has 3 heterocycles. The van der Waals surface area contributed by atoms with Crippen molar-refractivity contribution in [2.75, 3.05) is 13.7 Å². The fourth-order valence-corrected chi connectivity index (χ4v) is 4.30. The average Bonchev–Trinajstić information content (AvgIpc) is 3.42. The van der Waals surface area contributed by atoms with Crippen LogP contribution in [0.3, 0.4) is 0 Å². The number of nitrogens with one attached hydrogen (secondary N) is 1. The summed E-state index contributed by atoms with van der Waals surface area (Å²) in [7, 11) is 1.65. The zero-order chi connectivity index (χ0) is 20.4. The first-order valence-electron chi connectivity index (χ1n) is 9.04. The summed E-state index contributed by atoms with van der Waals surface area (Å²) in [4.78, 5) is 7.60. The maximum absolute atomic E-state index is 5.69. The highest BCUT2D eigenvalue weighted by Gasteiger charge is 2.33. The largest absolute Gasteiger partial charge is 0.497 e. The second kappa shape index (κ2) is 8.18. The van der Waals surface area contributed by atoms with Crippen LogP contribution in [0.5, 0.6) is 5.75 Å². The highest BCUT2D eigenvalue weighted by molar-refractivity contribution is 7.80. The molecule has 0 bridgehead atoms. The molecule has 1 aromatic carbocycles. The Morgan fingerprint density at radius 1 is 1.38 bits per heavy atom. The van der Waals surface area contributed by atoms with Crippen LogP contribution in [0.15, 0.2) is 64.7 Å². The van der Waals surface area contributed by atoms with Gasteiger partial charge in [-0.3, -0.25) is 0 Å². The Bertz CT molecular complexity index is 1070. The zero-order valence-corrected chi connectivity index (χ0v) is 17.7. The van der Waals surface area contributed by atoms with Gasteiger partial charge in [0.15, 0.2) is 5.11 Å². The first-order valence-corrected chi connectivity index (χ1v) is 10.3. The first-order chi connectivity index (χ1) is 14.1. The Hall–Kier alpha value is -2.97. The van der Waals surface area contributed by atoms with Crippen molar-refractivity contribution in [1.29, 1.82) is 0 Å². The third-order valence-corrected chi connectivity index (χ3v) is 5.94. The molecule has 2 aromatic heterocycles. The molecule has 1 atom stereocenters. The Kier molecular flexibility index (Phi) is 5.46. The minimum Gasteiger partial charge on any atom is -0.497 e. The van der Waals surface area contributed by atoms with Crippen LogP contribution in [-0.4, -0.2) is 33.8 Å². The number of hydrogen-bond donors (Lipinski definition) is 1. The lowest BCUT2D eigenvalue weighted by atomic mass is 9.94. The molecule has 0 saturated heterocycles. The van der Waals surface area contributed by atoms with E-state index in [9.17, 15) is 0 Å². The molecule has 0 radical (unpaired) electrons. The van der Waals surface area contributed by atoms with Crippen LogP contribution in [0.25, 0.3) is 16.3 Å². The summed E-state index contributed by atoms with van der Waals surface area (Å²) in [6, 6.07) is 11.6.